The molecule has 2 heterocycles. The monoisotopic (exact) mass is 317 g/mol. The number of nitrogens with zero attached hydrogens (tertiary/aromatic N) is 3. The average Bonchev–Trinajstić information content (AvgIpc) is 3.13. The van der Waals surface area contributed by atoms with E-state index in [9.17, 15) is 4.79 Å². The molecule has 0 N–H and O–H groups in total. The van der Waals surface area contributed by atoms with Crippen LogP contribution in [0, 0.1) is 5.92 Å². The number of aromatic nitrogens is 2. The zero-order valence-electron chi connectivity index (χ0n) is 14.0. The number of amides is 1. The Labute approximate surface area is 135 Å². The lowest BCUT2D eigenvalue weighted by molar-refractivity contribution is 0.0740. The number of hydrogen-bond acceptors (Lipinski definition) is 5. The summed E-state index contributed by atoms with van der Waals surface area (Å²) in [7, 11) is 1.75. The van der Waals surface area contributed by atoms with Gasteiger partial charge in [-0.15, -0.1) is 0 Å². The van der Waals surface area contributed by atoms with E-state index in [1.54, 1.807) is 18.0 Å². The number of fused-ring (bicyclic) bond motifs is 1. The van der Waals surface area contributed by atoms with Gasteiger partial charge in [0.1, 0.15) is 11.5 Å². The number of rotatable bonds is 5. The number of carbonyl (C=O) groups excluding carboxylic acids is 1. The molecule has 0 aliphatic heterocycles. The standard InChI is InChI=1S/C17H23N3O3/c1-11(2)8-12-9-16(23-18-12)17(21)20(3)10-14-13-6-4-5-7-15(13)22-19-14/h9,11H,4-8,10H2,1-3H3. The van der Waals surface area contributed by atoms with E-state index in [-0.39, 0.29) is 11.7 Å². The Hall–Kier alpha value is -2.11. The normalized spacial score (nSPS) is 14.1. The highest BCUT2D eigenvalue weighted by molar-refractivity contribution is 5.91. The lowest BCUT2D eigenvalue weighted by Crippen LogP contribution is -2.26. The topological polar surface area (TPSA) is 72.4 Å². The van der Waals surface area contributed by atoms with Crippen molar-refractivity contribution >= 4 is 5.91 Å². The molecule has 1 aliphatic carbocycles. The Morgan fingerprint density at radius 2 is 2.04 bits per heavy atom. The van der Waals surface area contributed by atoms with Gasteiger partial charge in [0.15, 0.2) is 0 Å². The summed E-state index contributed by atoms with van der Waals surface area (Å²) in [6.07, 6.45) is 5.03. The maximum atomic E-state index is 12.5. The highest BCUT2D eigenvalue weighted by Gasteiger charge is 2.23. The first-order valence-corrected chi connectivity index (χ1v) is 8.22. The fraction of sp³-hybridized carbons (Fsp3) is 0.588. The quantitative estimate of drug-likeness (QED) is 0.847. The molecule has 6 heteroatoms. The van der Waals surface area contributed by atoms with Crippen LogP contribution in [-0.2, 0) is 25.8 Å². The molecule has 0 aromatic carbocycles. The van der Waals surface area contributed by atoms with Crippen molar-refractivity contribution in [3.05, 3.63) is 34.5 Å². The van der Waals surface area contributed by atoms with Gasteiger partial charge in [-0.2, -0.15) is 0 Å². The van der Waals surface area contributed by atoms with Crippen LogP contribution in [0.5, 0.6) is 0 Å². The molecule has 0 radical (unpaired) electrons. The molecular formula is C17H23N3O3. The first-order chi connectivity index (χ1) is 11.0. The zero-order valence-corrected chi connectivity index (χ0v) is 14.0. The van der Waals surface area contributed by atoms with Crippen molar-refractivity contribution in [2.45, 2.75) is 52.5 Å². The number of aryl methyl sites for hydroxylation is 1. The summed E-state index contributed by atoms with van der Waals surface area (Å²) in [6, 6.07) is 1.73. The van der Waals surface area contributed by atoms with Gasteiger partial charge in [0.25, 0.3) is 5.91 Å². The second-order valence-electron chi connectivity index (χ2n) is 6.68. The van der Waals surface area contributed by atoms with Gasteiger partial charge in [0.05, 0.1) is 12.2 Å². The van der Waals surface area contributed by atoms with E-state index in [1.165, 1.54) is 5.56 Å². The number of carbonyl (C=O) groups is 1. The van der Waals surface area contributed by atoms with Crippen molar-refractivity contribution in [2.75, 3.05) is 7.05 Å². The van der Waals surface area contributed by atoms with Crippen LogP contribution >= 0.6 is 0 Å². The summed E-state index contributed by atoms with van der Waals surface area (Å²) in [4.78, 5) is 14.1. The molecule has 1 aliphatic rings. The highest BCUT2D eigenvalue weighted by Crippen LogP contribution is 2.25. The Morgan fingerprint density at radius 1 is 1.26 bits per heavy atom. The molecule has 0 unspecified atom stereocenters. The van der Waals surface area contributed by atoms with Crippen LogP contribution in [0.15, 0.2) is 15.1 Å². The molecule has 0 fully saturated rings. The first-order valence-electron chi connectivity index (χ1n) is 8.22. The van der Waals surface area contributed by atoms with E-state index in [1.807, 2.05) is 0 Å². The second-order valence-corrected chi connectivity index (χ2v) is 6.68. The molecule has 0 saturated heterocycles. The highest BCUT2D eigenvalue weighted by atomic mass is 16.5. The minimum absolute atomic E-state index is 0.180. The van der Waals surface area contributed by atoms with Gasteiger partial charge in [0.2, 0.25) is 5.76 Å². The summed E-state index contributed by atoms with van der Waals surface area (Å²) >= 11 is 0. The van der Waals surface area contributed by atoms with Crippen molar-refractivity contribution in [3.63, 3.8) is 0 Å². The largest absolute Gasteiger partial charge is 0.361 e. The zero-order chi connectivity index (χ0) is 16.4. The van der Waals surface area contributed by atoms with Crippen LogP contribution in [-0.4, -0.2) is 28.2 Å². The van der Waals surface area contributed by atoms with Crippen molar-refractivity contribution in [3.8, 4) is 0 Å². The third-order valence-corrected chi connectivity index (χ3v) is 4.15. The van der Waals surface area contributed by atoms with Crippen molar-refractivity contribution < 1.29 is 13.8 Å². The molecule has 1 amide bonds. The fourth-order valence-corrected chi connectivity index (χ4v) is 2.98. The first kappa shape index (κ1) is 15.8. The van der Waals surface area contributed by atoms with E-state index >= 15 is 0 Å². The molecule has 0 atom stereocenters. The lowest BCUT2D eigenvalue weighted by Gasteiger charge is -2.15. The SMILES string of the molecule is CC(C)Cc1cc(C(=O)N(C)Cc2noc3c2CCCC3)on1. The smallest absolute Gasteiger partial charge is 0.292 e. The van der Waals surface area contributed by atoms with Crippen molar-refractivity contribution in [1.82, 2.24) is 15.2 Å². The average molecular weight is 317 g/mol. The van der Waals surface area contributed by atoms with Gasteiger partial charge in [-0.3, -0.25) is 4.79 Å². The van der Waals surface area contributed by atoms with E-state index in [0.717, 1.165) is 49.3 Å². The van der Waals surface area contributed by atoms with Gasteiger partial charge in [0, 0.05) is 25.1 Å². The molecule has 0 bridgehead atoms. The summed E-state index contributed by atoms with van der Waals surface area (Å²) in [5, 5.41) is 8.11. The molecular weight excluding hydrogens is 294 g/mol. The molecule has 23 heavy (non-hydrogen) atoms. The van der Waals surface area contributed by atoms with E-state index in [2.05, 4.69) is 24.2 Å². The predicted octanol–water partition coefficient (Wildman–Crippen LogP) is 3.01. The van der Waals surface area contributed by atoms with E-state index < -0.39 is 0 Å². The van der Waals surface area contributed by atoms with E-state index in [0.29, 0.717) is 12.5 Å². The van der Waals surface area contributed by atoms with Crippen LogP contribution in [0.2, 0.25) is 0 Å². The van der Waals surface area contributed by atoms with E-state index in [4.69, 9.17) is 9.05 Å². The molecule has 2 aromatic heterocycles. The number of hydrogen-bond donors (Lipinski definition) is 0. The van der Waals surface area contributed by atoms with Gasteiger partial charge in [-0.25, -0.2) is 0 Å². The molecule has 0 spiro atoms. The Bertz CT molecular complexity index is 687. The van der Waals surface area contributed by atoms with Crippen molar-refractivity contribution in [2.24, 2.45) is 5.92 Å². The predicted molar refractivity (Wildman–Crippen MR) is 84.0 cm³/mol. The van der Waals surface area contributed by atoms with Crippen LogP contribution in [0.3, 0.4) is 0 Å². The summed E-state index contributed by atoms with van der Waals surface area (Å²) in [5.74, 6) is 1.55. The Balaban J connectivity index is 1.68. The third-order valence-electron chi connectivity index (χ3n) is 4.15. The minimum atomic E-state index is -0.180. The fourth-order valence-electron chi connectivity index (χ4n) is 2.98. The van der Waals surface area contributed by atoms with Crippen LogP contribution in [0.4, 0.5) is 0 Å². The van der Waals surface area contributed by atoms with Crippen LogP contribution in [0.1, 0.15) is 60.0 Å². The summed E-state index contributed by atoms with van der Waals surface area (Å²) in [5.41, 5.74) is 2.85. The maximum absolute atomic E-state index is 12.5. The molecule has 2 aromatic rings. The Morgan fingerprint density at radius 3 is 2.83 bits per heavy atom. The van der Waals surface area contributed by atoms with Gasteiger partial charge < -0.3 is 13.9 Å². The molecule has 124 valence electrons. The van der Waals surface area contributed by atoms with Gasteiger partial charge in [-0.05, 0) is 31.6 Å². The summed E-state index contributed by atoms with van der Waals surface area (Å²) in [6.45, 7) is 4.64. The van der Waals surface area contributed by atoms with Crippen LogP contribution in [0.25, 0.3) is 0 Å². The van der Waals surface area contributed by atoms with Gasteiger partial charge >= 0.3 is 0 Å². The minimum Gasteiger partial charge on any atom is -0.361 e. The van der Waals surface area contributed by atoms with Crippen LogP contribution < -0.4 is 0 Å². The van der Waals surface area contributed by atoms with Gasteiger partial charge in [-0.1, -0.05) is 24.2 Å². The molecule has 0 saturated carbocycles. The van der Waals surface area contributed by atoms with Crippen molar-refractivity contribution in [1.29, 1.82) is 0 Å². The third kappa shape index (κ3) is 3.46. The molecule has 6 nitrogen and oxygen atoms in total. The maximum Gasteiger partial charge on any atom is 0.292 e. The lowest BCUT2D eigenvalue weighted by atomic mass is 9.96. The summed E-state index contributed by atoms with van der Waals surface area (Å²) < 4.78 is 10.6. The molecule has 3 rings (SSSR count). The second kappa shape index (κ2) is 6.56. The Kier molecular flexibility index (Phi) is 4.50.